The molecular formula is C15H18N2O5S. The number of carbonyl (C=O) groups is 2. The predicted molar refractivity (Wildman–Crippen MR) is 85.8 cm³/mol. The summed E-state index contributed by atoms with van der Waals surface area (Å²) in [7, 11) is 0. The van der Waals surface area contributed by atoms with Crippen LogP contribution < -0.4 is 5.56 Å². The molecule has 7 nitrogen and oxygen atoms in total. The second-order valence-electron chi connectivity index (χ2n) is 4.85. The SMILES string of the molecule is CCCOC(=O)Cn1cnc2sc(C(=O)OCC)c(C)c2c1=O. The number of aromatic nitrogens is 2. The molecule has 2 aromatic heterocycles. The van der Waals surface area contributed by atoms with Gasteiger partial charge in [-0.1, -0.05) is 6.92 Å². The summed E-state index contributed by atoms with van der Waals surface area (Å²) in [5.41, 5.74) is 0.157. The van der Waals surface area contributed by atoms with E-state index >= 15 is 0 Å². The average molecular weight is 338 g/mol. The molecule has 0 amide bonds. The number of aryl methyl sites for hydroxylation is 1. The van der Waals surface area contributed by atoms with Crippen LogP contribution >= 0.6 is 11.3 Å². The summed E-state index contributed by atoms with van der Waals surface area (Å²) in [6.45, 7) is 5.65. The quantitative estimate of drug-likeness (QED) is 0.748. The highest BCUT2D eigenvalue weighted by molar-refractivity contribution is 7.20. The van der Waals surface area contributed by atoms with Crippen LogP contribution in [0.4, 0.5) is 0 Å². The van der Waals surface area contributed by atoms with E-state index in [-0.39, 0.29) is 18.7 Å². The molecule has 0 N–H and O–H groups in total. The van der Waals surface area contributed by atoms with Crippen LogP contribution in [0.3, 0.4) is 0 Å². The van der Waals surface area contributed by atoms with Crippen molar-refractivity contribution in [2.45, 2.75) is 33.7 Å². The highest BCUT2D eigenvalue weighted by Crippen LogP contribution is 2.27. The van der Waals surface area contributed by atoms with E-state index in [1.54, 1.807) is 13.8 Å². The number of ether oxygens (including phenoxy) is 2. The summed E-state index contributed by atoms with van der Waals surface area (Å²) in [5.74, 6) is -0.963. The summed E-state index contributed by atoms with van der Waals surface area (Å²) in [6.07, 6.45) is 2.01. The number of hydrogen-bond donors (Lipinski definition) is 0. The van der Waals surface area contributed by atoms with Gasteiger partial charge in [-0.05, 0) is 25.8 Å². The molecule has 0 radical (unpaired) electrons. The highest BCUT2D eigenvalue weighted by Gasteiger charge is 2.20. The van der Waals surface area contributed by atoms with Crippen molar-refractivity contribution in [3.63, 3.8) is 0 Å². The maximum atomic E-state index is 12.5. The fourth-order valence-corrected chi connectivity index (χ4v) is 3.10. The van der Waals surface area contributed by atoms with Gasteiger partial charge in [-0.3, -0.25) is 14.2 Å². The van der Waals surface area contributed by atoms with Crippen LogP contribution in [-0.4, -0.2) is 34.7 Å². The summed E-state index contributed by atoms with van der Waals surface area (Å²) in [4.78, 5) is 41.1. The lowest BCUT2D eigenvalue weighted by Gasteiger charge is -2.05. The van der Waals surface area contributed by atoms with E-state index in [4.69, 9.17) is 9.47 Å². The molecule has 0 atom stereocenters. The monoisotopic (exact) mass is 338 g/mol. The molecule has 0 saturated heterocycles. The van der Waals surface area contributed by atoms with Gasteiger partial charge in [-0.2, -0.15) is 0 Å². The Morgan fingerprint density at radius 2 is 2.04 bits per heavy atom. The van der Waals surface area contributed by atoms with Crippen molar-refractivity contribution >= 4 is 33.5 Å². The lowest BCUT2D eigenvalue weighted by Crippen LogP contribution is -2.25. The van der Waals surface area contributed by atoms with E-state index in [9.17, 15) is 14.4 Å². The number of esters is 2. The molecular weight excluding hydrogens is 320 g/mol. The van der Waals surface area contributed by atoms with E-state index in [0.29, 0.717) is 33.7 Å². The molecule has 0 aliphatic carbocycles. The molecule has 0 unspecified atom stereocenters. The van der Waals surface area contributed by atoms with Gasteiger partial charge >= 0.3 is 11.9 Å². The maximum absolute atomic E-state index is 12.5. The van der Waals surface area contributed by atoms with Gasteiger partial charge in [0.2, 0.25) is 0 Å². The van der Waals surface area contributed by atoms with Crippen molar-refractivity contribution in [2.75, 3.05) is 13.2 Å². The number of thiophene rings is 1. The van der Waals surface area contributed by atoms with Crippen LogP contribution in [0.2, 0.25) is 0 Å². The lowest BCUT2D eigenvalue weighted by molar-refractivity contribution is -0.144. The zero-order chi connectivity index (χ0) is 17.0. The Morgan fingerprint density at radius 1 is 1.30 bits per heavy atom. The first-order chi connectivity index (χ1) is 11.0. The Labute approximate surface area is 136 Å². The van der Waals surface area contributed by atoms with E-state index in [1.807, 2.05) is 6.92 Å². The maximum Gasteiger partial charge on any atom is 0.348 e. The Balaban J connectivity index is 2.39. The van der Waals surface area contributed by atoms with Gasteiger partial charge in [0, 0.05) is 0 Å². The molecule has 0 spiro atoms. The number of rotatable bonds is 6. The molecule has 2 aromatic rings. The van der Waals surface area contributed by atoms with Gasteiger partial charge in [0.25, 0.3) is 5.56 Å². The Kier molecular flexibility index (Phi) is 5.49. The number of fused-ring (bicyclic) bond motifs is 1. The van der Waals surface area contributed by atoms with Crippen molar-refractivity contribution < 1.29 is 19.1 Å². The first-order valence-electron chi connectivity index (χ1n) is 7.30. The Morgan fingerprint density at radius 3 is 2.70 bits per heavy atom. The van der Waals surface area contributed by atoms with Gasteiger partial charge in [0.05, 0.1) is 24.9 Å². The normalized spacial score (nSPS) is 10.7. The van der Waals surface area contributed by atoms with Crippen LogP contribution in [-0.2, 0) is 20.8 Å². The fourth-order valence-electron chi connectivity index (χ4n) is 2.06. The molecule has 2 heterocycles. The smallest absolute Gasteiger partial charge is 0.348 e. The van der Waals surface area contributed by atoms with Gasteiger partial charge in [-0.25, -0.2) is 9.78 Å². The molecule has 0 aromatic carbocycles. The molecule has 23 heavy (non-hydrogen) atoms. The molecule has 0 aliphatic rings. The first-order valence-corrected chi connectivity index (χ1v) is 8.12. The summed E-state index contributed by atoms with van der Waals surface area (Å²) in [6, 6.07) is 0. The van der Waals surface area contributed by atoms with Crippen molar-refractivity contribution in [3.05, 3.63) is 27.1 Å². The summed E-state index contributed by atoms with van der Waals surface area (Å²) < 4.78 is 11.1. The summed E-state index contributed by atoms with van der Waals surface area (Å²) in [5, 5.41) is 0.337. The molecule has 0 saturated carbocycles. The molecule has 124 valence electrons. The summed E-state index contributed by atoms with van der Waals surface area (Å²) >= 11 is 1.11. The largest absolute Gasteiger partial charge is 0.464 e. The minimum atomic E-state index is -0.492. The lowest BCUT2D eigenvalue weighted by atomic mass is 10.2. The third-order valence-electron chi connectivity index (χ3n) is 3.14. The first kappa shape index (κ1) is 17.1. The second-order valence-corrected chi connectivity index (χ2v) is 5.85. The fraction of sp³-hybridized carbons (Fsp3) is 0.467. The van der Waals surface area contributed by atoms with Crippen molar-refractivity contribution in [3.8, 4) is 0 Å². The Hall–Kier alpha value is -2.22. The topological polar surface area (TPSA) is 87.5 Å². The third-order valence-corrected chi connectivity index (χ3v) is 4.32. The minimum Gasteiger partial charge on any atom is -0.464 e. The zero-order valence-corrected chi connectivity index (χ0v) is 14.1. The van der Waals surface area contributed by atoms with Crippen LogP contribution in [0.15, 0.2) is 11.1 Å². The molecule has 2 rings (SSSR count). The van der Waals surface area contributed by atoms with Crippen molar-refractivity contribution in [2.24, 2.45) is 0 Å². The molecule has 0 fully saturated rings. The molecule has 0 aliphatic heterocycles. The standard InChI is InChI=1S/C15H18N2O5S/c1-4-6-22-10(18)7-17-8-16-13-11(14(17)19)9(3)12(23-13)15(20)21-5-2/h8H,4-7H2,1-3H3. The van der Waals surface area contributed by atoms with Crippen LogP contribution in [0.1, 0.15) is 35.5 Å². The van der Waals surface area contributed by atoms with Gasteiger partial charge < -0.3 is 9.47 Å². The second kappa shape index (κ2) is 7.36. The van der Waals surface area contributed by atoms with Crippen LogP contribution in [0.25, 0.3) is 10.2 Å². The molecule has 0 bridgehead atoms. The van der Waals surface area contributed by atoms with Crippen LogP contribution in [0.5, 0.6) is 0 Å². The Bertz CT molecular complexity index is 793. The van der Waals surface area contributed by atoms with Gasteiger partial charge in [-0.15, -0.1) is 11.3 Å². The average Bonchev–Trinajstić information content (AvgIpc) is 2.86. The minimum absolute atomic E-state index is 0.203. The predicted octanol–water partition coefficient (Wildman–Crippen LogP) is 1.90. The number of carbonyl (C=O) groups excluding carboxylic acids is 2. The highest BCUT2D eigenvalue weighted by atomic mass is 32.1. The van der Waals surface area contributed by atoms with E-state index in [2.05, 4.69) is 4.98 Å². The zero-order valence-electron chi connectivity index (χ0n) is 13.2. The third kappa shape index (κ3) is 3.58. The number of hydrogen-bond acceptors (Lipinski definition) is 7. The van der Waals surface area contributed by atoms with Crippen LogP contribution in [0, 0.1) is 6.92 Å². The van der Waals surface area contributed by atoms with Crippen molar-refractivity contribution in [1.82, 2.24) is 9.55 Å². The van der Waals surface area contributed by atoms with E-state index in [1.165, 1.54) is 10.9 Å². The van der Waals surface area contributed by atoms with Gasteiger partial charge in [0.15, 0.2) is 0 Å². The van der Waals surface area contributed by atoms with E-state index < -0.39 is 11.9 Å². The molecule has 8 heteroatoms. The van der Waals surface area contributed by atoms with Gasteiger partial charge in [0.1, 0.15) is 16.3 Å². The van der Waals surface area contributed by atoms with E-state index in [0.717, 1.165) is 11.3 Å². The van der Waals surface area contributed by atoms with Crippen molar-refractivity contribution in [1.29, 1.82) is 0 Å². The number of nitrogens with zero attached hydrogens (tertiary/aromatic N) is 2.